The van der Waals surface area contributed by atoms with Gasteiger partial charge in [0.2, 0.25) is 0 Å². The molecule has 0 aliphatic carbocycles. The van der Waals surface area contributed by atoms with Crippen LogP contribution in [0.25, 0.3) is 0 Å². The van der Waals surface area contributed by atoms with Crippen molar-refractivity contribution in [2.75, 3.05) is 25.6 Å². The molecule has 0 aliphatic heterocycles. The number of nitrogens with one attached hydrogen (secondary N) is 1. The number of methoxy groups -OCH3 is 1. The fraction of sp³-hybridized carbons (Fsp3) is 0.375. The molecule has 1 aromatic heterocycles. The second-order valence-electron chi connectivity index (χ2n) is 5.13. The fourth-order valence-electron chi connectivity index (χ4n) is 1.86. The van der Waals surface area contributed by atoms with Crippen LogP contribution in [-0.2, 0) is 4.74 Å². The van der Waals surface area contributed by atoms with Gasteiger partial charge < -0.3 is 14.8 Å². The number of amides is 1. The first kappa shape index (κ1) is 16.0. The SMILES string of the molecule is COCCOc1cccc(C(=O)Nc2cnn(C(C)C)c2)c1. The lowest BCUT2D eigenvalue weighted by Crippen LogP contribution is -2.12. The van der Waals surface area contributed by atoms with E-state index in [0.29, 0.717) is 30.2 Å². The summed E-state index contributed by atoms with van der Waals surface area (Å²) >= 11 is 0. The third-order valence-corrected chi connectivity index (χ3v) is 3.04. The van der Waals surface area contributed by atoms with Crippen LogP contribution in [0.5, 0.6) is 5.75 Å². The van der Waals surface area contributed by atoms with Gasteiger partial charge in [-0.25, -0.2) is 0 Å². The Morgan fingerprint density at radius 1 is 1.36 bits per heavy atom. The van der Waals surface area contributed by atoms with E-state index in [1.54, 1.807) is 36.2 Å². The Kier molecular flexibility index (Phi) is 5.55. The van der Waals surface area contributed by atoms with E-state index in [-0.39, 0.29) is 11.9 Å². The zero-order chi connectivity index (χ0) is 15.9. The van der Waals surface area contributed by atoms with Crippen molar-refractivity contribution in [2.24, 2.45) is 0 Å². The summed E-state index contributed by atoms with van der Waals surface area (Å²) in [5, 5.41) is 7.02. The number of nitrogens with zero attached hydrogens (tertiary/aromatic N) is 2. The van der Waals surface area contributed by atoms with Gasteiger partial charge in [-0.1, -0.05) is 6.07 Å². The van der Waals surface area contributed by atoms with Crippen LogP contribution in [0.3, 0.4) is 0 Å². The van der Waals surface area contributed by atoms with Crippen molar-refractivity contribution >= 4 is 11.6 Å². The number of carbonyl (C=O) groups is 1. The van der Waals surface area contributed by atoms with Crippen molar-refractivity contribution in [3.8, 4) is 5.75 Å². The molecule has 6 nitrogen and oxygen atoms in total. The first-order valence-electron chi connectivity index (χ1n) is 7.17. The number of hydrogen-bond acceptors (Lipinski definition) is 4. The molecule has 0 atom stereocenters. The van der Waals surface area contributed by atoms with Crippen molar-refractivity contribution in [2.45, 2.75) is 19.9 Å². The predicted molar refractivity (Wildman–Crippen MR) is 84.4 cm³/mol. The minimum absolute atomic E-state index is 0.194. The van der Waals surface area contributed by atoms with Crippen molar-refractivity contribution in [1.29, 1.82) is 0 Å². The van der Waals surface area contributed by atoms with Crippen molar-refractivity contribution in [3.63, 3.8) is 0 Å². The normalized spacial score (nSPS) is 10.7. The number of carbonyl (C=O) groups excluding carboxylic acids is 1. The smallest absolute Gasteiger partial charge is 0.255 e. The van der Waals surface area contributed by atoms with E-state index in [1.165, 1.54) is 0 Å². The number of rotatable bonds is 7. The van der Waals surface area contributed by atoms with Crippen LogP contribution < -0.4 is 10.1 Å². The van der Waals surface area contributed by atoms with Gasteiger partial charge in [0.05, 0.1) is 18.5 Å². The average molecular weight is 303 g/mol. The van der Waals surface area contributed by atoms with Gasteiger partial charge in [-0.3, -0.25) is 9.48 Å². The average Bonchev–Trinajstić information content (AvgIpc) is 2.96. The van der Waals surface area contributed by atoms with Gasteiger partial charge in [0.15, 0.2) is 0 Å². The molecule has 0 unspecified atom stereocenters. The highest BCUT2D eigenvalue weighted by atomic mass is 16.5. The van der Waals surface area contributed by atoms with Crippen LogP contribution in [0, 0.1) is 0 Å². The van der Waals surface area contributed by atoms with Gasteiger partial charge in [0, 0.05) is 24.9 Å². The Hall–Kier alpha value is -2.34. The number of hydrogen-bond donors (Lipinski definition) is 1. The molecule has 0 bridgehead atoms. The Morgan fingerprint density at radius 2 is 2.18 bits per heavy atom. The first-order valence-corrected chi connectivity index (χ1v) is 7.17. The lowest BCUT2D eigenvalue weighted by atomic mass is 10.2. The molecular weight excluding hydrogens is 282 g/mol. The summed E-state index contributed by atoms with van der Waals surface area (Å²) in [5.74, 6) is 0.447. The predicted octanol–water partition coefficient (Wildman–Crippen LogP) is 2.74. The molecule has 1 aromatic carbocycles. The van der Waals surface area contributed by atoms with E-state index >= 15 is 0 Å². The molecule has 0 aliphatic rings. The second kappa shape index (κ2) is 7.61. The molecule has 1 N–H and O–H groups in total. The molecule has 6 heteroatoms. The second-order valence-corrected chi connectivity index (χ2v) is 5.13. The van der Waals surface area contributed by atoms with Crippen LogP contribution in [0.4, 0.5) is 5.69 Å². The number of aromatic nitrogens is 2. The highest BCUT2D eigenvalue weighted by molar-refractivity contribution is 6.04. The largest absolute Gasteiger partial charge is 0.491 e. The third-order valence-electron chi connectivity index (χ3n) is 3.04. The van der Waals surface area contributed by atoms with Gasteiger partial charge in [-0.05, 0) is 32.0 Å². The molecule has 0 spiro atoms. The maximum Gasteiger partial charge on any atom is 0.255 e. The van der Waals surface area contributed by atoms with Gasteiger partial charge in [0.1, 0.15) is 12.4 Å². The maximum absolute atomic E-state index is 12.2. The van der Waals surface area contributed by atoms with E-state index in [0.717, 1.165) is 0 Å². The van der Waals surface area contributed by atoms with Crippen LogP contribution in [0.2, 0.25) is 0 Å². The molecule has 0 saturated heterocycles. The summed E-state index contributed by atoms with van der Waals surface area (Å²) in [5.41, 5.74) is 1.21. The van der Waals surface area contributed by atoms with Gasteiger partial charge in [-0.15, -0.1) is 0 Å². The number of anilines is 1. The molecule has 1 heterocycles. The van der Waals surface area contributed by atoms with E-state index in [9.17, 15) is 4.79 Å². The Bertz CT molecular complexity index is 623. The summed E-state index contributed by atoms with van der Waals surface area (Å²) < 4.78 is 12.2. The highest BCUT2D eigenvalue weighted by Crippen LogP contribution is 2.16. The lowest BCUT2D eigenvalue weighted by molar-refractivity contribution is 0.102. The summed E-state index contributed by atoms with van der Waals surface area (Å²) in [6.07, 6.45) is 3.44. The molecule has 118 valence electrons. The quantitative estimate of drug-likeness (QED) is 0.799. The van der Waals surface area contributed by atoms with Crippen molar-refractivity contribution in [3.05, 3.63) is 42.2 Å². The van der Waals surface area contributed by atoms with E-state index in [2.05, 4.69) is 10.4 Å². The Balaban J connectivity index is 2.00. The van der Waals surface area contributed by atoms with Crippen molar-refractivity contribution < 1.29 is 14.3 Å². The third kappa shape index (κ3) is 4.33. The zero-order valence-electron chi connectivity index (χ0n) is 13.1. The maximum atomic E-state index is 12.2. The monoisotopic (exact) mass is 303 g/mol. The van der Waals surface area contributed by atoms with Crippen LogP contribution in [-0.4, -0.2) is 36.0 Å². The standard InChI is InChI=1S/C16H21N3O3/c1-12(2)19-11-14(10-17-19)18-16(20)13-5-4-6-15(9-13)22-8-7-21-3/h4-6,9-12H,7-8H2,1-3H3,(H,18,20). The molecule has 0 saturated carbocycles. The molecule has 2 rings (SSSR count). The summed E-state index contributed by atoms with van der Waals surface area (Å²) in [7, 11) is 1.62. The molecule has 0 fully saturated rings. The van der Waals surface area contributed by atoms with Gasteiger partial charge >= 0.3 is 0 Å². The minimum atomic E-state index is -0.194. The lowest BCUT2D eigenvalue weighted by Gasteiger charge is -2.08. The summed E-state index contributed by atoms with van der Waals surface area (Å²) in [6, 6.07) is 7.30. The van der Waals surface area contributed by atoms with Gasteiger partial charge in [-0.2, -0.15) is 5.10 Å². The molecule has 0 radical (unpaired) electrons. The molecular formula is C16H21N3O3. The summed E-state index contributed by atoms with van der Waals surface area (Å²) in [4.78, 5) is 12.2. The number of benzene rings is 1. The number of ether oxygens (including phenoxy) is 2. The zero-order valence-corrected chi connectivity index (χ0v) is 13.1. The van der Waals surface area contributed by atoms with Crippen molar-refractivity contribution in [1.82, 2.24) is 9.78 Å². The minimum Gasteiger partial charge on any atom is -0.491 e. The van der Waals surface area contributed by atoms with E-state index < -0.39 is 0 Å². The fourth-order valence-corrected chi connectivity index (χ4v) is 1.86. The molecule has 2 aromatic rings. The van der Waals surface area contributed by atoms with Gasteiger partial charge in [0.25, 0.3) is 5.91 Å². The van der Waals surface area contributed by atoms with Crippen LogP contribution >= 0.6 is 0 Å². The Labute approximate surface area is 130 Å². The Morgan fingerprint density at radius 3 is 2.86 bits per heavy atom. The van der Waals surface area contributed by atoms with E-state index in [1.807, 2.05) is 26.1 Å². The first-order chi connectivity index (χ1) is 10.6. The molecule has 22 heavy (non-hydrogen) atoms. The van der Waals surface area contributed by atoms with Crippen LogP contribution in [0.15, 0.2) is 36.7 Å². The summed E-state index contributed by atoms with van der Waals surface area (Å²) in [6.45, 7) is 5.01. The van der Waals surface area contributed by atoms with E-state index in [4.69, 9.17) is 9.47 Å². The topological polar surface area (TPSA) is 65.4 Å². The highest BCUT2D eigenvalue weighted by Gasteiger charge is 2.09. The molecule has 1 amide bonds. The van der Waals surface area contributed by atoms with Crippen LogP contribution in [0.1, 0.15) is 30.2 Å².